The highest BCUT2D eigenvalue weighted by molar-refractivity contribution is 7.92. The van der Waals surface area contributed by atoms with Gasteiger partial charge in [-0.05, 0) is 49.4 Å². The van der Waals surface area contributed by atoms with Crippen LogP contribution in [0.5, 0.6) is 5.75 Å². The van der Waals surface area contributed by atoms with Crippen molar-refractivity contribution in [2.45, 2.75) is 17.9 Å². The number of ether oxygens (including phenoxy) is 1. The number of rotatable bonds is 5. The lowest BCUT2D eigenvalue weighted by Gasteiger charge is -2.34. The highest BCUT2D eigenvalue weighted by Crippen LogP contribution is 2.37. The number of sulfonamides is 1. The first-order valence-corrected chi connectivity index (χ1v) is 11.3. The van der Waals surface area contributed by atoms with Crippen LogP contribution in [0.4, 0.5) is 11.4 Å². The maximum atomic E-state index is 13.4. The molecule has 0 saturated heterocycles. The summed E-state index contributed by atoms with van der Waals surface area (Å²) < 4.78 is 33.8. The van der Waals surface area contributed by atoms with Crippen LogP contribution in [0.2, 0.25) is 0 Å². The number of benzene rings is 3. The van der Waals surface area contributed by atoms with Gasteiger partial charge in [-0.3, -0.25) is 13.9 Å². The number of hydrogen-bond donors (Lipinski definition) is 2. The Morgan fingerprint density at radius 2 is 1.75 bits per heavy atom. The fraction of sp³-hybridized carbons (Fsp3) is 0.130. The van der Waals surface area contributed by atoms with E-state index in [0.717, 1.165) is 5.56 Å². The Balaban J connectivity index is 1.65. The first-order chi connectivity index (χ1) is 15.3. The van der Waals surface area contributed by atoms with Crippen molar-refractivity contribution >= 4 is 33.2 Å². The summed E-state index contributed by atoms with van der Waals surface area (Å²) in [7, 11) is -3.94. The fourth-order valence-electron chi connectivity index (χ4n) is 3.38. The van der Waals surface area contributed by atoms with E-state index in [-0.39, 0.29) is 22.8 Å². The van der Waals surface area contributed by atoms with Crippen molar-refractivity contribution in [2.75, 3.05) is 16.2 Å². The number of primary amides is 1. The molecular weight excluding hydrogens is 430 g/mol. The summed E-state index contributed by atoms with van der Waals surface area (Å²) in [6.07, 6.45) is -1.11. The largest absolute Gasteiger partial charge is 0.476 e. The Morgan fingerprint density at radius 3 is 2.47 bits per heavy atom. The molecule has 2 amide bonds. The van der Waals surface area contributed by atoms with Gasteiger partial charge in [0.25, 0.3) is 15.9 Å². The number of amides is 2. The number of nitrogens with two attached hydrogens (primary N) is 1. The molecule has 4 rings (SSSR count). The van der Waals surface area contributed by atoms with Crippen LogP contribution < -0.4 is 20.1 Å². The molecule has 1 aliphatic rings. The van der Waals surface area contributed by atoms with Crippen LogP contribution in [0.25, 0.3) is 0 Å². The molecule has 1 heterocycles. The van der Waals surface area contributed by atoms with E-state index >= 15 is 0 Å². The van der Waals surface area contributed by atoms with Gasteiger partial charge in [-0.15, -0.1) is 0 Å². The molecule has 9 heteroatoms. The van der Waals surface area contributed by atoms with Crippen molar-refractivity contribution in [3.63, 3.8) is 0 Å². The number of hydrogen-bond acceptors (Lipinski definition) is 5. The van der Waals surface area contributed by atoms with Gasteiger partial charge in [-0.1, -0.05) is 35.9 Å². The number of anilines is 2. The van der Waals surface area contributed by atoms with Gasteiger partial charge in [0.1, 0.15) is 5.75 Å². The SMILES string of the molecule is Cc1ccc(S(=O)(=O)N2CC(C(=O)Nc3cccc(C(N)=O)c3)Oc3ccccc32)cc1. The second-order valence-electron chi connectivity index (χ2n) is 7.36. The standard InChI is InChI=1S/C23H21N3O5S/c1-15-9-11-18(12-10-15)32(29,30)26-14-21(31-20-8-3-2-7-19(20)26)23(28)25-17-6-4-5-16(13-17)22(24)27/h2-13,21H,14H2,1H3,(H2,24,27)(H,25,28). The van der Waals surface area contributed by atoms with Gasteiger partial charge in [-0.25, -0.2) is 8.42 Å². The summed E-state index contributed by atoms with van der Waals surface area (Å²) >= 11 is 0. The zero-order chi connectivity index (χ0) is 22.9. The summed E-state index contributed by atoms with van der Waals surface area (Å²) in [6.45, 7) is 1.66. The fourth-order valence-corrected chi connectivity index (χ4v) is 4.85. The molecule has 0 saturated carbocycles. The lowest BCUT2D eigenvalue weighted by molar-refractivity contribution is -0.122. The number of nitrogens with one attached hydrogen (secondary N) is 1. The van der Waals surface area contributed by atoms with Gasteiger partial charge in [0.15, 0.2) is 6.10 Å². The van der Waals surface area contributed by atoms with Crippen molar-refractivity contribution in [2.24, 2.45) is 5.73 Å². The molecule has 0 aliphatic carbocycles. The second-order valence-corrected chi connectivity index (χ2v) is 9.22. The molecule has 0 fully saturated rings. The van der Waals surface area contributed by atoms with Crippen LogP contribution in [-0.2, 0) is 14.8 Å². The van der Waals surface area contributed by atoms with Gasteiger partial charge in [0.2, 0.25) is 5.91 Å². The zero-order valence-electron chi connectivity index (χ0n) is 17.2. The number of nitrogens with zero attached hydrogens (tertiary/aromatic N) is 1. The van der Waals surface area contributed by atoms with Crippen molar-refractivity contribution in [3.05, 3.63) is 83.9 Å². The average molecular weight is 452 g/mol. The molecule has 1 aliphatic heterocycles. The van der Waals surface area contributed by atoms with Crippen LogP contribution in [0, 0.1) is 6.92 Å². The van der Waals surface area contributed by atoms with Crippen LogP contribution in [0.1, 0.15) is 15.9 Å². The second kappa shape index (κ2) is 8.35. The van der Waals surface area contributed by atoms with Crippen molar-refractivity contribution in [1.82, 2.24) is 0 Å². The van der Waals surface area contributed by atoms with Crippen LogP contribution in [0.3, 0.4) is 0 Å². The molecule has 3 N–H and O–H groups in total. The van der Waals surface area contributed by atoms with E-state index < -0.39 is 27.9 Å². The number of para-hydroxylation sites is 2. The number of aryl methyl sites for hydroxylation is 1. The first-order valence-electron chi connectivity index (χ1n) is 9.81. The van der Waals surface area contributed by atoms with E-state index in [1.807, 2.05) is 6.92 Å². The van der Waals surface area contributed by atoms with Crippen LogP contribution in [0.15, 0.2) is 77.7 Å². The Labute approximate surface area is 185 Å². The smallest absolute Gasteiger partial charge is 0.267 e. The molecule has 0 spiro atoms. The van der Waals surface area contributed by atoms with Crippen molar-refractivity contribution in [1.29, 1.82) is 0 Å². The third-order valence-corrected chi connectivity index (χ3v) is 6.84. The van der Waals surface area contributed by atoms with Gasteiger partial charge >= 0.3 is 0 Å². The van der Waals surface area contributed by atoms with E-state index in [1.54, 1.807) is 48.5 Å². The molecule has 0 radical (unpaired) electrons. The topological polar surface area (TPSA) is 119 Å². The molecule has 164 valence electrons. The van der Waals surface area contributed by atoms with E-state index in [0.29, 0.717) is 11.4 Å². The number of fused-ring (bicyclic) bond motifs is 1. The molecule has 1 atom stereocenters. The maximum absolute atomic E-state index is 13.4. The summed E-state index contributed by atoms with van der Waals surface area (Å²) in [4.78, 5) is 24.5. The quantitative estimate of drug-likeness (QED) is 0.618. The lowest BCUT2D eigenvalue weighted by Crippen LogP contribution is -2.48. The molecule has 0 aromatic heterocycles. The number of carbonyl (C=O) groups excluding carboxylic acids is 2. The predicted molar refractivity (Wildman–Crippen MR) is 120 cm³/mol. The summed E-state index contributed by atoms with van der Waals surface area (Å²) in [5.74, 6) is -0.898. The van der Waals surface area contributed by atoms with Gasteiger partial charge in [0, 0.05) is 11.3 Å². The van der Waals surface area contributed by atoms with Gasteiger partial charge in [0.05, 0.1) is 17.1 Å². The maximum Gasteiger partial charge on any atom is 0.267 e. The zero-order valence-corrected chi connectivity index (χ0v) is 18.0. The summed E-state index contributed by atoms with van der Waals surface area (Å²) in [6, 6.07) is 19.3. The third-order valence-electron chi connectivity index (χ3n) is 5.05. The van der Waals surface area contributed by atoms with Gasteiger partial charge in [-0.2, -0.15) is 0 Å². The first kappa shape index (κ1) is 21.4. The minimum absolute atomic E-state index is 0.119. The highest BCUT2D eigenvalue weighted by Gasteiger charge is 2.37. The minimum atomic E-state index is -3.94. The normalized spacial score (nSPS) is 15.4. The molecular formula is C23H21N3O5S. The Hall–Kier alpha value is -3.85. The van der Waals surface area contributed by atoms with E-state index in [1.165, 1.54) is 28.6 Å². The number of carbonyl (C=O) groups is 2. The van der Waals surface area contributed by atoms with Crippen LogP contribution >= 0.6 is 0 Å². The van der Waals surface area contributed by atoms with E-state index in [4.69, 9.17) is 10.5 Å². The van der Waals surface area contributed by atoms with E-state index in [9.17, 15) is 18.0 Å². The van der Waals surface area contributed by atoms with Crippen molar-refractivity contribution in [3.8, 4) is 5.75 Å². The predicted octanol–water partition coefficient (Wildman–Crippen LogP) is 2.69. The summed E-state index contributed by atoms with van der Waals surface area (Å²) in [5.41, 5.74) is 7.16. The molecule has 3 aromatic carbocycles. The molecule has 8 nitrogen and oxygen atoms in total. The third kappa shape index (κ3) is 4.15. The Morgan fingerprint density at radius 1 is 1.03 bits per heavy atom. The van der Waals surface area contributed by atoms with E-state index in [2.05, 4.69) is 5.32 Å². The van der Waals surface area contributed by atoms with Gasteiger partial charge < -0.3 is 15.8 Å². The Bertz CT molecular complexity index is 1290. The lowest BCUT2D eigenvalue weighted by atomic mass is 10.1. The van der Waals surface area contributed by atoms with Crippen molar-refractivity contribution < 1.29 is 22.7 Å². The average Bonchev–Trinajstić information content (AvgIpc) is 2.78. The molecule has 32 heavy (non-hydrogen) atoms. The molecule has 3 aromatic rings. The molecule has 0 bridgehead atoms. The highest BCUT2D eigenvalue weighted by atomic mass is 32.2. The minimum Gasteiger partial charge on any atom is -0.476 e. The molecule has 1 unspecified atom stereocenters. The van der Waals surface area contributed by atoms with Crippen LogP contribution in [-0.4, -0.2) is 32.9 Å². The Kier molecular flexibility index (Phi) is 5.58. The summed E-state index contributed by atoms with van der Waals surface area (Å²) in [5, 5.41) is 2.66. The monoisotopic (exact) mass is 451 g/mol.